The molecule has 0 atom stereocenters. The van der Waals surface area contributed by atoms with Gasteiger partial charge in [-0.15, -0.1) is 0 Å². The van der Waals surface area contributed by atoms with Gasteiger partial charge in [-0.2, -0.15) is 0 Å². The summed E-state index contributed by atoms with van der Waals surface area (Å²) in [5.74, 6) is 0.947. The number of Topliss-reactive ketones (excluding diaryl/α,β-unsaturated/α-hetero) is 1. The van der Waals surface area contributed by atoms with Crippen LogP contribution in [0.5, 0.6) is 0 Å². The molecule has 0 bridgehead atoms. The van der Waals surface area contributed by atoms with Gasteiger partial charge in [0.05, 0.1) is 0 Å². The Hall–Kier alpha value is -1.11. The summed E-state index contributed by atoms with van der Waals surface area (Å²) < 4.78 is 0. The summed E-state index contributed by atoms with van der Waals surface area (Å²) in [6.45, 7) is 2.16. The molecule has 1 aliphatic rings. The lowest BCUT2D eigenvalue weighted by Crippen LogP contribution is -2.00. The van der Waals surface area contributed by atoms with Crippen molar-refractivity contribution in [2.75, 3.05) is 0 Å². The number of aryl methyl sites for hydroxylation is 2. The summed E-state index contributed by atoms with van der Waals surface area (Å²) in [5, 5.41) is 0. The molecule has 0 radical (unpaired) electrons. The minimum absolute atomic E-state index is 0.443. The quantitative estimate of drug-likeness (QED) is 0.663. The Morgan fingerprint density at radius 1 is 1.25 bits per heavy atom. The summed E-state index contributed by atoms with van der Waals surface area (Å²) in [6.07, 6.45) is 6.42. The Bertz CT molecular complexity index is 363. The van der Waals surface area contributed by atoms with Crippen molar-refractivity contribution < 1.29 is 4.79 Å². The van der Waals surface area contributed by atoms with Crippen LogP contribution in [0.1, 0.15) is 43.2 Å². The number of hydrogen-bond acceptors (Lipinski definition) is 1. The van der Waals surface area contributed by atoms with Gasteiger partial charge < -0.3 is 0 Å². The molecule has 0 saturated heterocycles. The van der Waals surface area contributed by atoms with Gasteiger partial charge in [0.15, 0.2) is 0 Å². The van der Waals surface area contributed by atoms with Crippen molar-refractivity contribution in [1.82, 2.24) is 0 Å². The average Bonchev–Trinajstić information content (AvgIpc) is 3.10. The summed E-state index contributed by atoms with van der Waals surface area (Å²) in [5.41, 5.74) is 2.80. The molecule has 1 heteroatoms. The smallest absolute Gasteiger partial charge is 0.135 e. The summed E-state index contributed by atoms with van der Waals surface area (Å²) in [6, 6.07) is 8.52. The zero-order valence-electron chi connectivity index (χ0n) is 10.0. The molecule has 0 aromatic heterocycles. The first-order valence-electron chi connectivity index (χ1n) is 6.34. The van der Waals surface area contributed by atoms with Crippen LogP contribution in [0.15, 0.2) is 24.3 Å². The van der Waals surface area contributed by atoms with Crippen molar-refractivity contribution in [2.24, 2.45) is 5.92 Å². The van der Waals surface area contributed by atoms with Gasteiger partial charge in [0.25, 0.3) is 0 Å². The molecule has 0 aliphatic heterocycles. The van der Waals surface area contributed by atoms with E-state index in [4.69, 9.17) is 0 Å². The van der Waals surface area contributed by atoms with Crippen LogP contribution >= 0.6 is 0 Å². The van der Waals surface area contributed by atoms with Crippen LogP contribution in [0.4, 0.5) is 0 Å². The number of ketones is 1. The van der Waals surface area contributed by atoms with Gasteiger partial charge in [-0.1, -0.05) is 24.3 Å². The lowest BCUT2D eigenvalue weighted by Gasteiger charge is -2.04. The van der Waals surface area contributed by atoms with Gasteiger partial charge in [-0.05, 0) is 50.2 Å². The fourth-order valence-electron chi connectivity index (χ4n) is 2.11. The molecule has 2 rings (SSSR count). The molecule has 0 N–H and O–H groups in total. The van der Waals surface area contributed by atoms with Crippen LogP contribution in [0.3, 0.4) is 0 Å². The van der Waals surface area contributed by atoms with E-state index in [9.17, 15) is 4.79 Å². The zero-order valence-corrected chi connectivity index (χ0v) is 10.0. The highest BCUT2D eigenvalue weighted by molar-refractivity contribution is 5.83. The summed E-state index contributed by atoms with van der Waals surface area (Å²) in [7, 11) is 0. The maximum Gasteiger partial charge on any atom is 0.135 e. The molecule has 1 aromatic carbocycles. The molecular formula is C15H20O. The highest BCUT2D eigenvalue weighted by Crippen LogP contribution is 2.31. The third kappa shape index (κ3) is 3.19. The molecule has 16 heavy (non-hydrogen) atoms. The van der Waals surface area contributed by atoms with E-state index in [-0.39, 0.29) is 0 Å². The molecule has 0 unspecified atom stereocenters. The molecule has 1 fully saturated rings. The number of rotatable bonds is 6. The number of benzene rings is 1. The lowest BCUT2D eigenvalue weighted by molar-refractivity contribution is -0.120. The zero-order chi connectivity index (χ0) is 11.4. The largest absolute Gasteiger partial charge is 0.299 e. The Morgan fingerprint density at radius 3 is 2.69 bits per heavy atom. The van der Waals surface area contributed by atoms with Crippen LogP contribution < -0.4 is 0 Å². The molecule has 0 spiro atoms. The average molecular weight is 216 g/mol. The minimum atomic E-state index is 0.443. The van der Waals surface area contributed by atoms with E-state index in [1.165, 1.54) is 11.1 Å². The lowest BCUT2D eigenvalue weighted by atomic mass is 10.0. The van der Waals surface area contributed by atoms with E-state index in [1.807, 2.05) is 0 Å². The van der Waals surface area contributed by atoms with Gasteiger partial charge in [0, 0.05) is 12.3 Å². The van der Waals surface area contributed by atoms with Crippen LogP contribution in [-0.2, 0) is 11.2 Å². The Balaban J connectivity index is 1.67. The second-order valence-electron chi connectivity index (χ2n) is 4.87. The number of carbonyl (C=O) groups is 1. The molecule has 1 saturated carbocycles. The van der Waals surface area contributed by atoms with Gasteiger partial charge >= 0.3 is 0 Å². The van der Waals surface area contributed by atoms with E-state index in [0.29, 0.717) is 11.7 Å². The fourth-order valence-corrected chi connectivity index (χ4v) is 2.11. The molecule has 1 aliphatic carbocycles. The van der Waals surface area contributed by atoms with Crippen molar-refractivity contribution >= 4 is 5.78 Å². The molecule has 0 heterocycles. The molecule has 86 valence electrons. The Kier molecular flexibility index (Phi) is 3.76. The predicted octanol–water partition coefficient (Wildman–Crippen LogP) is 3.69. The van der Waals surface area contributed by atoms with Crippen molar-refractivity contribution in [3.8, 4) is 0 Å². The van der Waals surface area contributed by atoms with Gasteiger partial charge in [-0.25, -0.2) is 0 Å². The topological polar surface area (TPSA) is 17.1 Å². The molecule has 1 aromatic rings. The predicted molar refractivity (Wildman–Crippen MR) is 66.5 cm³/mol. The SMILES string of the molecule is Cc1ccccc1CCCCC(=O)C1CC1. The van der Waals surface area contributed by atoms with E-state index in [1.54, 1.807) is 0 Å². The molecular weight excluding hydrogens is 196 g/mol. The Labute approximate surface area is 97.9 Å². The van der Waals surface area contributed by atoms with Crippen LogP contribution in [-0.4, -0.2) is 5.78 Å². The highest BCUT2D eigenvalue weighted by atomic mass is 16.1. The van der Waals surface area contributed by atoms with Crippen molar-refractivity contribution in [2.45, 2.75) is 45.4 Å². The van der Waals surface area contributed by atoms with Gasteiger partial charge in [-0.3, -0.25) is 4.79 Å². The van der Waals surface area contributed by atoms with Crippen LogP contribution in [0.25, 0.3) is 0 Å². The van der Waals surface area contributed by atoms with Crippen molar-refractivity contribution in [3.63, 3.8) is 0 Å². The third-order valence-corrected chi connectivity index (χ3v) is 3.41. The van der Waals surface area contributed by atoms with Crippen LogP contribution in [0, 0.1) is 12.8 Å². The minimum Gasteiger partial charge on any atom is -0.299 e. The first-order chi connectivity index (χ1) is 7.77. The van der Waals surface area contributed by atoms with E-state index in [0.717, 1.165) is 38.5 Å². The first kappa shape index (κ1) is 11.4. The maximum atomic E-state index is 11.5. The van der Waals surface area contributed by atoms with E-state index in [2.05, 4.69) is 31.2 Å². The summed E-state index contributed by atoms with van der Waals surface area (Å²) in [4.78, 5) is 11.5. The number of carbonyl (C=O) groups excluding carboxylic acids is 1. The van der Waals surface area contributed by atoms with Crippen molar-refractivity contribution in [1.29, 1.82) is 0 Å². The number of unbranched alkanes of at least 4 members (excludes halogenated alkanes) is 1. The summed E-state index contributed by atoms with van der Waals surface area (Å²) >= 11 is 0. The monoisotopic (exact) mass is 216 g/mol. The first-order valence-corrected chi connectivity index (χ1v) is 6.34. The third-order valence-electron chi connectivity index (χ3n) is 3.41. The molecule has 0 amide bonds. The molecule has 1 nitrogen and oxygen atoms in total. The highest BCUT2D eigenvalue weighted by Gasteiger charge is 2.28. The van der Waals surface area contributed by atoms with E-state index >= 15 is 0 Å². The normalized spacial score (nSPS) is 15.1. The van der Waals surface area contributed by atoms with Crippen LogP contribution in [0.2, 0.25) is 0 Å². The standard InChI is InChI=1S/C15H20O/c1-12-6-2-3-7-13(12)8-4-5-9-15(16)14-10-11-14/h2-3,6-7,14H,4-5,8-11H2,1H3. The Morgan fingerprint density at radius 2 is 2.00 bits per heavy atom. The fraction of sp³-hybridized carbons (Fsp3) is 0.533. The van der Waals surface area contributed by atoms with Gasteiger partial charge in [0.1, 0.15) is 5.78 Å². The second-order valence-corrected chi connectivity index (χ2v) is 4.87. The van der Waals surface area contributed by atoms with E-state index < -0.39 is 0 Å². The van der Waals surface area contributed by atoms with Gasteiger partial charge in [0.2, 0.25) is 0 Å². The number of hydrogen-bond donors (Lipinski definition) is 0. The van der Waals surface area contributed by atoms with Crippen molar-refractivity contribution in [3.05, 3.63) is 35.4 Å². The maximum absolute atomic E-state index is 11.5. The second kappa shape index (κ2) is 5.29.